The van der Waals surface area contributed by atoms with Crippen LogP contribution in [0.3, 0.4) is 0 Å². The van der Waals surface area contributed by atoms with E-state index in [0.29, 0.717) is 31.1 Å². The molecule has 0 aromatic heterocycles. The monoisotopic (exact) mass is 565 g/mol. The Bertz CT molecular complexity index is 863. The Labute approximate surface area is 241 Å². The number of nitrogens with one attached hydrogen (secondary N) is 3. The summed E-state index contributed by atoms with van der Waals surface area (Å²) in [6, 6.07) is 5.32. The van der Waals surface area contributed by atoms with E-state index in [4.69, 9.17) is 9.47 Å². The maximum atomic E-state index is 13.6. The number of rotatable bonds is 19. The Morgan fingerprint density at radius 2 is 1.56 bits per heavy atom. The first-order valence-electron chi connectivity index (χ1n) is 14.9. The Morgan fingerprint density at radius 1 is 0.872 bits per heavy atom. The molecule has 1 rings (SSSR count). The molecule has 9 heteroatoms. The summed E-state index contributed by atoms with van der Waals surface area (Å²) in [4.78, 5) is 25.8. The quantitative estimate of drug-likeness (QED) is 0.0687. The van der Waals surface area contributed by atoms with Crippen LogP contribution in [-0.2, 0) is 9.47 Å². The molecule has 3 N–H and O–H groups in total. The van der Waals surface area contributed by atoms with Crippen molar-refractivity contribution in [1.29, 1.82) is 0 Å². The minimum atomic E-state index is -0.548. The lowest BCUT2D eigenvalue weighted by Gasteiger charge is -2.14. The van der Waals surface area contributed by atoms with Gasteiger partial charge in [-0.15, -0.1) is 0 Å². The Hall–Kier alpha value is -2.26. The molecule has 0 unspecified atom stereocenters. The van der Waals surface area contributed by atoms with E-state index in [1.54, 1.807) is 17.8 Å². The molecule has 0 fully saturated rings. The first-order valence-corrected chi connectivity index (χ1v) is 15.9. The molecule has 0 radical (unpaired) electrons. The van der Waals surface area contributed by atoms with E-state index in [-0.39, 0.29) is 12.6 Å². The number of ether oxygens (including phenoxy) is 2. The lowest BCUT2D eigenvalue weighted by molar-refractivity contribution is -0.423. The van der Waals surface area contributed by atoms with Gasteiger partial charge in [0.05, 0.1) is 25.4 Å². The number of hydrogen-bond acceptors (Lipinski definition) is 5. The molecular formula is C30H53N4O4S+. The molecule has 3 amide bonds. The minimum absolute atomic E-state index is 0.172. The fourth-order valence-electron chi connectivity index (χ4n) is 3.96. The van der Waals surface area contributed by atoms with Crippen molar-refractivity contribution in [1.82, 2.24) is 5.32 Å². The molecule has 0 aliphatic carbocycles. The Balaban J connectivity index is 2.97. The van der Waals surface area contributed by atoms with Crippen LogP contribution in [-0.4, -0.2) is 60.5 Å². The van der Waals surface area contributed by atoms with Gasteiger partial charge >= 0.3 is 12.1 Å². The van der Waals surface area contributed by atoms with E-state index in [0.717, 1.165) is 42.3 Å². The molecule has 0 saturated heterocycles. The largest absolute Gasteiger partial charge is 0.447 e. The molecule has 8 nitrogen and oxygen atoms in total. The fraction of sp³-hybridized carbons (Fsp3) is 0.700. The summed E-state index contributed by atoms with van der Waals surface area (Å²) in [7, 11) is 0. The molecule has 222 valence electrons. The Morgan fingerprint density at radius 3 is 2.23 bits per heavy atom. The number of benzene rings is 1. The predicted molar refractivity (Wildman–Crippen MR) is 165 cm³/mol. The summed E-state index contributed by atoms with van der Waals surface area (Å²) < 4.78 is 12.2. The van der Waals surface area contributed by atoms with Gasteiger partial charge in [0, 0.05) is 18.4 Å². The van der Waals surface area contributed by atoms with Crippen molar-refractivity contribution in [3.05, 3.63) is 23.8 Å². The van der Waals surface area contributed by atoms with Crippen LogP contribution < -0.4 is 16.0 Å². The number of carbonyl (C=O) groups excluding carboxylic acids is 2. The number of anilines is 2. The van der Waals surface area contributed by atoms with Crippen LogP contribution in [0.4, 0.5) is 21.0 Å². The second kappa shape index (κ2) is 22.5. The third-order valence-electron chi connectivity index (χ3n) is 6.20. The first kappa shape index (κ1) is 34.8. The zero-order chi connectivity index (χ0) is 28.7. The number of carbonyl (C=O) groups is 2. The van der Waals surface area contributed by atoms with Crippen molar-refractivity contribution >= 4 is 40.4 Å². The third kappa shape index (κ3) is 15.8. The molecular weight excluding hydrogens is 512 g/mol. The summed E-state index contributed by atoms with van der Waals surface area (Å²) in [5.74, 6) is 0.877. The van der Waals surface area contributed by atoms with E-state index in [1.807, 2.05) is 30.6 Å². The number of unbranched alkanes of at least 4 members (excludes halogenated alkanes) is 8. The molecule has 0 saturated carbocycles. The number of aryl methyl sites for hydroxylation is 1. The lowest BCUT2D eigenvalue weighted by Crippen LogP contribution is -2.38. The number of urea groups is 1. The van der Waals surface area contributed by atoms with Gasteiger partial charge in [0.2, 0.25) is 0 Å². The second-order valence-electron chi connectivity index (χ2n) is 9.56. The van der Waals surface area contributed by atoms with Crippen molar-refractivity contribution < 1.29 is 23.6 Å². The maximum absolute atomic E-state index is 13.6. The van der Waals surface area contributed by atoms with Crippen LogP contribution in [0.5, 0.6) is 0 Å². The van der Waals surface area contributed by atoms with Gasteiger partial charge in [0.25, 0.3) is 5.17 Å². The maximum Gasteiger partial charge on any atom is 0.441 e. The van der Waals surface area contributed by atoms with Crippen LogP contribution in [0.15, 0.2) is 18.2 Å². The second-order valence-corrected chi connectivity index (χ2v) is 10.8. The van der Waals surface area contributed by atoms with Gasteiger partial charge in [-0.25, -0.2) is 14.9 Å². The normalized spacial score (nSPS) is 11.6. The first-order chi connectivity index (χ1) is 19.0. The van der Waals surface area contributed by atoms with Gasteiger partial charge in [0.1, 0.15) is 12.3 Å². The number of hydrogen-bond donors (Lipinski definition) is 3. The smallest absolute Gasteiger partial charge is 0.441 e. The highest BCUT2D eigenvalue weighted by Crippen LogP contribution is 2.21. The van der Waals surface area contributed by atoms with Gasteiger partial charge in [-0.1, -0.05) is 90.0 Å². The molecule has 0 aliphatic rings. The average molecular weight is 566 g/mol. The van der Waals surface area contributed by atoms with E-state index in [1.165, 1.54) is 44.9 Å². The van der Waals surface area contributed by atoms with E-state index >= 15 is 0 Å². The van der Waals surface area contributed by atoms with Crippen molar-refractivity contribution in [2.75, 3.05) is 49.3 Å². The number of thioether (sulfide) groups is 1. The summed E-state index contributed by atoms with van der Waals surface area (Å²) in [5, 5.41) is 10.3. The van der Waals surface area contributed by atoms with Crippen LogP contribution >= 0.6 is 11.8 Å². The van der Waals surface area contributed by atoms with Crippen LogP contribution in [0.1, 0.15) is 97.5 Å². The van der Waals surface area contributed by atoms with Crippen LogP contribution in [0.25, 0.3) is 0 Å². The zero-order valence-corrected chi connectivity index (χ0v) is 25.9. The highest BCUT2D eigenvalue weighted by atomic mass is 32.2. The summed E-state index contributed by atoms with van der Waals surface area (Å²) in [6.45, 7) is 13.0. The van der Waals surface area contributed by atoms with E-state index < -0.39 is 6.09 Å². The van der Waals surface area contributed by atoms with Crippen molar-refractivity contribution in [2.24, 2.45) is 0 Å². The number of amidine groups is 1. The zero-order valence-electron chi connectivity index (χ0n) is 25.0. The molecule has 0 atom stereocenters. The topological polar surface area (TPSA) is 91.7 Å². The summed E-state index contributed by atoms with van der Waals surface area (Å²) >= 11 is 1.67. The van der Waals surface area contributed by atoms with Crippen LogP contribution in [0.2, 0.25) is 0 Å². The van der Waals surface area contributed by atoms with Crippen molar-refractivity contribution in [3.8, 4) is 0 Å². The van der Waals surface area contributed by atoms with E-state index in [2.05, 4.69) is 36.7 Å². The number of nitrogens with zero attached hydrogens (tertiary/aromatic N) is 1. The van der Waals surface area contributed by atoms with Gasteiger partial charge in [0.15, 0.2) is 0 Å². The molecule has 1 aromatic rings. The molecule has 0 heterocycles. The number of amides is 3. The highest BCUT2D eigenvalue weighted by Gasteiger charge is 2.21. The van der Waals surface area contributed by atoms with Gasteiger partial charge in [-0.2, -0.15) is 4.58 Å². The summed E-state index contributed by atoms with van der Waals surface area (Å²) in [5.41, 5.74) is 2.09. The van der Waals surface area contributed by atoms with Crippen molar-refractivity contribution in [3.63, 3.8) is 0 Å². The lowest BCUT2D eigenvalue weighted by atomic mass is 10.1. The van der Waals surface area contributed by atoms with E-state index in [9.17, 15) is 9.59 Å². The fourth-order valence-corrected chi connectivity index (χ4v) is 4.77. The third-order valence-corrected chi connectivity index (χ3v) is 7.13. The highest BCUT2D eigenvalue weighted by molar-refractivity contribution is 8.13. The van der Waals surface area contributed by atoms with Crippen LogP contribution in [0, 0.1) is 6.92 Å². The summed E-state index contributed by atoms with van der Waals surface area (Å²) in [6.07, 6.45) is 11.1. The van der Waals surface area contributed by atoms with Gasteiger partial charge in [-0.3, -0.25) is 10.6 Å². The predicted octanol–water partition coefficient (Wildman–Crippen LogP) is 7.76. The van der Waals surface area contributed by atoms with Gasteiger partial charge in [-0.05, 0) is 38.3 Å². The standard InChI is InChI=1S/C30H52N4O4S/c1-6-10-12-14-16-20-31-29(39-9-4)34(21-17-15-13-11-7-2)28(35)32-26-19-18-25(5)27(24-26)33-30(36)38-23-22-37-8-3/h18-19,24H,6-17,20-23H2,1-5H3,(H2,32,33,35,36)/p+1. The molecule has 0 aliphatic heterocycles. The molecule has 0 spiro atoms. The van der Waals surface area contributed by atoms with Gasteiger partial charge < -0.3 is 9.47 Å². The SMILES string of the molecule is CCCCCCCNC(SCC)=[N+](CCCCCCC)C(=O)Nc1ccc(C)c(NC(=O)OCCOCC)c1. The Kier molecular flexibility index (Phi) is 20.1. The molecule has 1 aromatic carbocycles. The minimum Gasteiger partial charge on any atom is -0.447 e. The average Bonchev–Trinajstić information content (AvgIpc) is 2.92. The van der Waals surface area contributed by atoms with Crippen molar-refractivity contribution in [2.45, 2.75) is 98.8 Å². The molecule has 39 heavy (non-hydrogen) atoms. The molecule has 0 bridgehead atoms.